The number of benzene rings is 1. The highest BCUT2D eigenvalue weighted by molar-refractivity contribution is 7.16. The van der Waals surface area contributed by atoms with Crippen LogP contribution in [0.1, 0.15) is 34.6 Å². The van der Waals surface area contributed by atoms with Crippen molar-refractivity contribution in [2.75, 3.05) is 5.73 Å². The first-order chi connectivity index (χ1) is 8.58. The molecule has 0 atom stereocenters. The molecule has 2 aromatic rings. The molecule has 1 aromatic heterocycles. The van der Waals surface area contributed by atoms with E-state index in [0.29, 0.717) is 22.0 Å². The lowest BCUT2D eigenvalue weighted by atomic mass is 10.0. The molecule has 0 fully saturated rings. The average Bonchev–Trinajstić information content (AvgIpc) is 2.69. The SMILES string of the molecule is CC(C)Cc1cc(C(=O)c2ccccc2)c(N)s1. The molecule has 0 amide bonds. The fraction of sp³-hybridized carbons (Fsp3) is 0.267. The number of thiophene rings is 1. The van der Waals surface area contributed by atoms with E-state index in [1.165, 1.54) is 16.2 Å². The third-order valence-corrected chi connectivity index (χ3v) is 3.69. The number of carbonyl (C=O) groups is 1. The molecule has 2 nitrogen and oxygen atoms in total. The van der Waals surface area contributed by atoms with Crippen molar-refractivity contribution in [3.63, 3.8) is 0 Å². The van der Waals surface area contributed by atoms with E-state index in [2.05, 4.69) is 13.8 Å². The highest BCUT2D eigenvalue weighted by atomic mass is 32.1. The molecular weight excluding hydrogens is 242 g/mol. The van der Waals surface area contributed by atoms with Crippen molar-refractivity contribution in [3.8, 4) is 0 Å². The lowest BCUT2D eigenvalue weighted by molar-refractivity contribution is 0.104. The summed E-state index contributed by atoms with van der Waals surface area (Å²) in [7, 11) is 0. The minimum absolute atomic E-state index is 0.0133. The number of rotatable bonds is 4. The summed E-state index contributed by atoms with van der Waals surface area (Å²) in [4.78, 5) is 13.5. The van der Waals surface area contributed by atoms with Gasteiger partial charge in [0.25, 0.3) is 0 Å². The van der Waals surface area contributed by atoms with Gasteiger partial charge in [0.2, 0.25) is 0 Å². The van der Waals surface area contributed by atoms with Gasteiger partial charge < -0.3 is 5.73 Å². The van der Waals surface area contributed by atoms with Crippen molar-refractivity contribution in [2.24, 2.45) is 5.92 Å². The molecule has 0 unspecified atom stereocenters. The summed E-state index contributed by atoms with van der Waals surface area (Å²) in [6, 6.07) is 11.2. The normalized spacial score (nSPS) is 10.8. The van der Waals surface area contributed by atoms with Crippen LogP contribution in [-0.4, -0.2) is 5.78 Å². The Bertz CT molecular complexity index is 543. The van der Waals surface area contributed by atoms with E-state index in [-0.39, 0.29) is 5.78 Å². The molecule has 0 aliphatic rings. The van der Waals surface area contributed by atoms with Gasteiger partial charge in [-0.25, -0.2) is 0 Å². The van der Waals surface area contributed by atoms with E-state index in [4.69, 9.17) is 5.73 Å². The second kappa shape index (κ2) is 5.36. The summed E-state index contributed by atoms with van der Waals surface area (Å²) in [5.41, 5.74) is 7.29. The fourth-order valence-electron chi connectivity index (χ4n) is 1.88. The van der Waals surface area contributed by atoms with Gasteiger partial charge in [-0.2, -0.15) is 0 Å². The summed E-state index contributed by atoms with van der Waals surface area (Å²) in [5.74, 6) is 0.585. The monoisotopic (exact) mass is 259 g/mol. The first-order valence-corrected chi connectivity index (χ1v) is 6.87. The number of anilines is 1. The van der Waals surface area contributed by atoms with Crippen LogP contribution >= 0.6 is 11.3 Å². The van der Waals surface area contributed by atoms with Crippen molar-refractivity contribution < 1.29 is 4.79 Å². The smallest absolute Gasteiger partial charge is 0.195 e. The van der Waals surface area contributed by atoms with Crippen LogP contribution < -0.4 is 5.73 Å². The van der Waals surface area contributed by atoms with Crippen LogP contribution in [-0.2, 0) is 6.42 Å². The quantitative estimate of drug-likeness (QED) is 0.849. The number of nitrogens with two attached hydrogens (primary N) is 1. The van der Waals surface area contributed by atoms with Gasteiger partial charge in [0, 0.05) is 10.4 Å². The Morgan fingerprint density at radius 2 is 1.94 bits per heavy atom. The van der Waals surface area contributed by atoms with Crippen LogP contribution in [0.15, 0.2) is 36.4 Å². The molecule has 2 rings (SSSR count). The molecule has 1 heterocycles. The molecule has 0 saturated heterocycles. The Kier molecular flexibility index (Phi) is 3.82. The Hall–Kier alpha value is -1.61. The summed E-state index contributed by atoms with van der Waals surface area (Å²) < 4.78 is 0. The van der Waals surface area contributed by atoms with E-state index >= 15 is 0 Å². The second-order valence-electron chi connectivity index (χ2n) is 4.78. The Morgan fingerprint density at radius 3 is 2.56 bits per heavy atom. The highest BCUT2D eigenvalue weighted by Crippen LogP contribution is 2.28. The van der Waals surface area contributed by atoms with Crippen molar-refractivity contribution in [3.05, 3.63) is 52.4 Å². The Morgan fingerprint density at radius 1 is 1.28 bits per heavy atom. The molecule has 18 heavy (non-hydrogen) atoms. The molecule has 2 N–H and O–H groups in total. The van der Waals surface area contributed by atoms with Crippen molar-refractivity contribution in [2.45, 2.75) is 20.3 Å². The zero-order chi connectivity index (χ0) is 13.1. The molecule has 0 saturated carbocycles. The Labute approximate surface area is 111 Å². The van der Waals surface area contributed by atoms with Crippen LogP contribution in [0.5, 0.6) is 0 Å². The molecule has 0 bridgehead atoms. The van der Waals surface area contributed by atoms with Gasteiger partial charge in [-0.3, -0.25) is 4.79 Å². The molecule has 0 radical (unpaired) electrons. The average molecular weight is 259 g/mol. The zero-order valence-electron chi connectivity index (χ0n) is 10.6. The van der Waals surface area contributed by atoms with Gasteiger partial charge in [0.15, 0.2) is 5.78 Å². The maximum absolute atomic E-state index is 12.3. The van der Waals surface area contributed by atoms with Gasteiger partial charge in [-0.1, -0.05) is 44.2 Å². The van der Waals surface area contributed by atoms with E-state index < -0.39 is 0 Å². The van der Waals surface area contributed by atoms with E-state index in [9.17, 15) is 4.79 Å². The van der Waals surface area contributed by atoms with E-state index in [0.717, 1.165) is 6.42 Å². The number of carbonyl (C=O) groups excluding carboxylic acids is 1. The molecular formula is C15H17NOS. The topological polar surface area (TPSA) is 43.1 Å². The van der Waals surface area contributed by atoms with Gasteiger partial charge in [0.1, 0.15) is 0 Å². The number of nitrogen functional groups attached to an aromatic ring is 1. The van der Waals surface area contributed by atoms with Gasteiger partial charge in [0.05, 0.1) is 10.6 Å². The summed E-state index contributed by atoms with van der Waals surface area (Å²) in [6.45, 7) is 4.32. The zero-order valence-corrected chi connectivity index (χ0v) is 11.5. The maximum Gasteiger partial charge on any atom is 0.195 e. The molecule has 0 aliphatic carbocycles. The lowest BCUT2D eigenvalue weighted by Gasteiger charge is -2.00. The van der Waals surface area contributed by atoms with E-state index in [1.54, 1.807) is 0 Å². The first kappa shape index (κ1) is 12.8. The van der Waals surface area contributed by atoms with Crippen molar-refractivity contribution in [1.29, 1.82) is 0 Å². The van der Waals surface area contributed by atoms with Gasteiger partial charge in [-0.05, 0) is 18.4 Å². The van der Waals surface area contributed by atoms with E-state index in [1.807, 2.05) is 36.4 Å². The van der Waals surface area contributed by atoms with Crippen LogP contribution in [0.2, 0.25) is 0 Å². The fourth-order valence-corrected chi connectivity index (χ4v) is 3.02. The summed E-state index contributed by atoms with van der Waals surface area (Å²) in [5, 5.41) is 0.625. The molecule has 1 aromatic carbocycles. The number of hydrogen-bond acceptors (Lipinski definition) is 3. The minimum atomic E-state index is 0.0133. The summed E-state index contributed by atoms with van der Waals surface area (Å²) >= 11 is 1.52. The van der Waals surface area contributed by atoms with Crippen LogP contribution in [0, 0.1) is 5.92 Å². The first-order valence-electron chi connectivity index (χ1n) is 6.06. The predicted octanol–water partition coefficient (Wildman–Crippen LogP) is 3.76. The van der Waals surface area contributed by atoms with Crippen molar-refractivity contribution >= 4 is 22.1 Å². The second-order valence-corrected chi connectivity index (χ2v) is 5.95. The highest BCUT2D eigenvalue weighted by Gasteiger charge is 2.16. The molecule has 0 aliphatic heterocycles. The van der Waals surface area contributed by atoms with Gasteiger partial charge >= 0.3 is 0 Å². The van der Waals surface area contributed by atoms with Crippen LogP contribution in [0.4, 0.5) is 5.00 Å². The Balaban J connectivity index is 2.29. The maximum atomic E-state index is 12.3. The molecule has 94 valence electrons. The number of ketones is 1. The minimum Gasteiger partial charge on any atom is -0.390 e. The third-order valence-electron chi connectivity index (χ3n) is 2.70. The summed E-state index contributed by atoms with van der Waals surface area (Å²) in [6.07, 6.45) is 0.969. The van der Waals surface area contributed by atoms with Gasteiger partial charge in [-0.15, -0.1) is 11.3 Å². The third kappa shape index (κ3) is 2.79. The standard InChI is InChI=1S/C15H17NOS/c1-10(2)8-12-9-13(15(16)18-12)14(17)11-6-4-3-5-7-11/h3-7,9-10H,8,16H2,1-2H3. The predicted molar refractivity (Wildman–Crippen MR) is 77.1 cm³/mol. The molecule has 3 heteroatoms. The lowest BCUT2D eigenvalue weighted by Crippen LogP contribution is -2.02. The van der Waals surface area contributed by atoms with Crippen LogP contribution in [0.3, 0.4) is 0 Å². The van der Waals surface area contributed by atoms with Crippen LogP contribution in [0.25, 0.3) is 0 Å². The largest absolute Gasteiger partial charge is 0.390 e. The van der Waals surface area contributed by atoms with Crippen molar-refractivity contribution in [1.82, 2.24) is 0 Å². The number of hydrogen-bond donors (Lipinski definition) is 1. The molecule has 0 spiro atoms.